The standard InChI is InChI=1S/C14H9Cl2NO5.C12H9F2N5O2S.C3H8NO5P.C3H9S/c1-21-14(18)10-7-9(3-4-12(10)17(19)20)22-13-5-2-8(15)6-11(13)16;1-7-5-6-19-11(15-7)16-12(17-19)22(20,21)18-10-8(13)3-2-4-9(10)14;5-3(6)1-4-2-10(7,8)9;1-4(2)3/h2-7H,1H3;2-6,18H,1H3;4H,1-2H2,(H,5,6)(H2,7,8,9);1-3H3/q;;;+1/p-1. The van der Waals surface area contributed by atoms with Gasteiger partial charge in [-0.3, -0.25) is 24.9 Å². The number of ether oxygens (including phenoxy) is 2. The number of rotatable bonds is 11. The quantitative estimate of drug-likeness (QED) is 0.0461. The van der Waals surface area contributed by atoms with Crippen LogP contribution >= 0.6 is 30.8 Å². The largest absolute Gasteiger partial charge is 0.778 e. The minimum absolute atomic E-state index is 0.0642. The van der Waals surface area contributed by atoms with Gasteiger partial charge in [0.25, 0.3) is 26.6 Å². The van der Waals surface area contributed by atoms with Gasteiger partial charge < -0.3 is 28.9 Å². The fourth-order valence-corrected chi connectivity index (χ4v) is 5.53. The van der Waals surface area contributed by atoms with Crippen molar-refractivity contribution in [1.82, 2.24) is 24.9 Å². The minimum Gasteiger partial charge on any atom is -0.778 e. The number of aromatic nitrogens is 4. The summed E-state index contributed by atoms with van der Waals surface area (Å²) in [5.41, 5.74) is -0.751. The molecule has 0 aliphatic rings. The third-order valence-electron chi connectivity index (χ3n) is 6.05. The molecule has 1 atom stereocenters. The van der Waals surface area contributed by atoms with Crippen molar-refractivity contribution < 1.29 is 60.6 Å². The van der Waals surface area contributed by atoms with Crippen molar-refractivity contribution in [3.8, 4) is 11.5 Å². The molecule has 0 radical (unpaired) electrons. The predicted molar refractivity (Wildman–Crippen MR) is 209 cm³/mol. The second-order valence-electron chi connectivity index (χ2n) is 11.4. The van der Waals surface area contributed by atoms with Crippen LogP contribution in [0.5, 0.6) is 11.5 Å². The molecule has 5 aromatic rings. The topological polar surface area (TPSA) is 278 Å². The Kier molecular flexibility index (Phi) is 18.8. The van der Waals surface area contributed by atoms with Crippen LogP contribution in [-0.4, -0.2) is 93.6 Å². The number of nitro groups is 1. The molecule has 58 heavy (non-hydrogen) atoms. The number of hydrogen-bond acceptors (Lipinski definition) is 14. The van der Waals surface area contributed by atoms with E-state index in [0.717, 1.165) is 35.9 Å². The van der Waals surface area contributed by atoms with Gasteiger partial charge in [0.1, 0.15) is 42.0 Å². The molecule has 0 aliphatic heterocycles. The third kappa shape index (κ3) is 16.5. The fourth-order valence-electron chi connectivity index (χ4n) is 3.74. The van der Waals surface area contributed by atoms with Crippen molar-refractivity contribution in [1.29, 1.82) is 0 Å². The number of hydrogen-bond donors (Lipinski definition) is 4. The van der Waals surface area contributed by atoms with E-state index in [1.54, 1.807) is 29.8 Å². The maximum Gasteiger partial charge on any atom is 0.345 e. The van der Waals surface area contributed by atoms with Crippen molar-refractivity contribution in [2.75, 3.05) is 43.4 Å². The molecule has 19 nitrogen and oxygen atoms in total. The summed E-state index contributed by atoms with van der Waals surface area (Å²) in [7, 11) is -6.92. The van der Waals surface area contributed by atoms with E-state index in [4.69, 9.17) is 37.9 Å². The van der Waals surface area contributed by atoms with Crippen LogP contribution in [0, 0.1) is 28.7 Å². The summed E-state index contributed by atoms with van der Waals surface area (Å²) in [4.78, 5) is 57.4. The van der Waals surface area contributed by atoms with Crippen LogP contribution in [0.2, 0.25) is 10.0 Å². The number of aryl methyl sites for hydroxylation is 1. The summed E-state index contributed by atoms with van der Waals surface area (Å²) in [5.74, 6) is -3.52. The molecule has 4 N–H and O–H groups in total. The van der Waals surface area contributed by atoms with E-state index in [0.29, 0.717) is 27.4 Å². The first-order chi connectivity index (χ1) is 26.9. The first-order valence-corrected chi connectivity index (χ1v) is 22.0. The van der Waals surface area contributed by atoms with Gasteiger partial charge in [0.05, 0.1) is 48.7 Å². The van der Waals surface area contributed by atoms with Crippen LogP contribution in [-0.2, 0) is 35.0 Å². The number of carboxylic acids is 1. The number of nitrogens with one attached hydrogen (secondary N) is 2. The van der Waals surface area contributed by atoms with Crippen molar-refractivity contribution >= 4 is 80.8 Å². The number of fused-ring (bicyclic) bond motifs is 1. The van der Waals surface area contributed by atoms with E-state index in [2.05, 4.69) is 38.6 Å². The number of carbonyl (C=O) groups excluding carboxylic acids is 1. The van der Waals surface area contributed by atoms with Gasteiger partial charge in [-0.1, -0.05) is 29.3 Å². The Labute approximate surface area is 342 Å². The number of benzene rings is 3. The lowest BCUT2D eigenvalue weighted by Crippen LogP contribution is -2.25. The van der Waals surface area contributed by atoms with Crippen molar-refractivity contribution in [2.24, 2.45) is 0 Å². The van der Waals surface area contributed by atoms with E-state index in [-0.39, 0.29) is 27.8 Å². The lowest BCUT2D eigenvalue weighted by Gasteiger charge is -2.14. The highest BCUT2D eigenvalue weighted by atomic mass is 35.5. The minimum atomic E-state index is -4.35. The zero-order valence-electron chi connectivity index (χ0n) is 30.8. The Morgan fingerprint density at radius 1 is 1.05 bits per heavy atom. The number of aliphatic carboxylic acids is 1. The van der Waals surface area contributed by atoms with Gasteiger partial charge >= 0.3 is 11.9 Å². The number of halogens is 4. The molecular formula is C32H34Cl2F2N7O12PS2. The van der Waals surface area contributed by atoms with Crippen LogP contribution in [0.1, 0.15) is 16.1 Å². The van der Waals surface area contributed by atoms with Crippen LogP contribution in [0.4, 0.5) is 20.2 Å². The number of anilines is 1. The predicted octanol–water partition coefficient (Wildman–Crippen LogP) is 4.65. The average Bonchev–Trinajstić information content (AvgIpc) is 3.55. The number of nitro benzene ring substituents is 1. The highest BCUT2D eigenvalue weighted by Crippen LogP contribution is 2.34. The number of carboxylic acid groups (broad SMARTS) is 1. The number of nitrogens with zero attached hydrogens (tertiary/aromatic N) is 5. The van der Waals surface area contributed by atoms with E-state index >= 15 is 0 Å². The van der Waals surface area contributed by atoms with Crippen molar-refractivity contribution in [3.63, 3.8) is 0 Å². The fraction of sp³-hybridized carbons (Fsp3) is 0.219. The molecule has 0 aliphatic carbocycles. The van der Waals surface area contributed by atoms with E-state index in [9.17, 15) is 46.4 Å². The molecule has 0 spiro atoms. The molecule has 0 amide bonds. The monoisotopic (exact) mass is 911 g/mol. The summed E-state index contributed by atoms with van der Waals surface area (Å²) in [5, 5.41) is 24.7. The Balaban J connectivity index is 0.000000305. The molecule has 0 fully saturated rings. The Bertz CT molecular complexity index is 2390. The summed E-state index contributed by atoms with van der Waals surface area (Å²) in [6, 6.07) is 13.0. The van der Waals surface area contributed by atoms with Crippen LogP contribution in [0.3, 0.4) is 0 Å². The summed E-state index contributed by atoms with van der Waals surface area (Å²) in [6.07, 6.45) is 7.35. The molecular weight excluding hydrogens is 878 g/mol. The number of para-hydroxylation sites is 1. The van der Waals surface area contributed by atoms with Crippen LogP contribution in [0.25, 0.3) is 5.78 Å². The van der Waals surface area contributed by atoms with E-state index in [1.165, 1.54) is 24.4 Å². The zero-order chi connectivity index (χ0) is 44.0. The normalized spacial score (nSPS) is 11.7. The molecule has 5 rings (SSSR count). The van der Waals surface area contributed by atoms with Gasteiger partial charge in [-0.15, -0.1) is 5.10 Å². The SMILES string of the molecule is COC(=O)c1cc(Oc2ccc(Cl)cc2Cl)ccc1[N+](=O)[O-].C[S+](C)C.Cc1ccn2nc(S(=O)(=O)Nc3c(F)cccc3F)nc2n1.O=C(O)CNCP(=O)([O-])O. The molecule has 0 saturated heterocycles. The zero-order valence-corrected chi connectivity index (χ0v) is 34.8. The van der Waals surface area contributed by atoms with E-state index < -0.39 is 69.8 Å². The van der Waals surface area contributed by atoms with Gasteiger partial charge in [-0.25, -0.2) is 23.1 Å². The summed E-state index contributed by atoms with van der Waals surface area (Å²) in [6.45, 7) is 1.22. The lowest BCUT2D eigenvalue weighted by atomic mass is 10.1. The maximum absolute atomic E-state index is 13.5. The Morgan fingerprint density at radius 3 is 2.21 bits per heavy atom. The molecule has 314 valence electrons. The molecule has 2 heterocycles. The molecule has 2 aromatic heterocycles. The van der Waals surface area contributed by atoms with Gasteiger partial charge in [-0.05, 0) is 60.3 Å². The molecule has 0 saturated carbocycles. The first kappa shape index (κ1) is 49.1. The number of sulfonamides is 1. The number of esters is 1. The van der Waals surface area contributed by atoms with Crippen molar-refractivity contribution in [3.05, 3.63) is 110 Å². The third-order valence-corrected chi connectivity index (χ3v) is 8.33. The van der Waals surface area contributed by atoms with Gasteiger partial charge in [0.2, 0.25) is 0 Å². The number of carbonyl (C=O) groups is 2. The number of methoxy groups -OCH3 is 1. The smallest absolute Gasteiger partial charge is 0.345 e. The Morgan fingerprint density at radius 2 is 1.67 bits per heavy atom. The summed E-state index contributed by atoms with van der Waals surface area (Å²) < 4.78 is 74.3. The maximum atomic E-state index is 13.5. The molecule has 3 aromatic carbocycles. The van der Waals surface area contributed by atoms with Gasteiger partial charge in [-0.2, -0.15) is 13.4 Å². The summed E-state index contributed by atoms with van der Waals surface area (Å²) >= 11 is 11.8. The molecule has 0 bridgehead atoms. The Hall–Kier alpha value is -5.00. The van der Waals surface area contributed by atoms with Crippen LogP contribution < -0.4 is 19.7 Å². The highest BCUT2D eigenvalue weighted by molar-refractivity contribution is 7.94. The van der Waals surface area contributed by atoms with Crippen molar-refractivity contribution in [2.45, 2.75) is 12.1 Å². The van der Waals surface area contributed by atoms with Gasteiger partial charge in [0.15, 0.2) is 0 Å². The highest BCUT2D eigenvalue weighted by Gasteiger charge is 2.25. The van der Waals surface area contributed by atoms with E-state index in [1.807, 2.05) is 5.32 Å². The average molecular weight is 913 g/mol. The van der Waals surface area contributed by atoms with Crippen LogP contribution in [0.15, 0.2) is 72.0 Å². The second-order valence-corrected chi connectivity index (χ2v) is 17.8. The lowest BCUT2D eigenvalue weighted by molar-refractivity contribution is -0.385. The van der Waals surface area contributed by atoms with Gasteiger partial charge in [0, 0.05) is 29.0 Å². The molecule has 26 heteroatoms. The molecule has 1 unspecified atom stereocenters. The second kappa shape index (κ2) is 22.2. The first-order valence-electron chi connectivity index (χ1n) is 15.5.